The number of thiazole rings is 1. The number of carbonyl (C=O) groups is 2. The molecule has 1 aromatic rings. The predicted octanol–water partition coefficient (Wildman–Crippen LogP) is 0.929. The molecule has 0 aliphatic heterocycles. The number of amides is 2. The maximum absolute atomic E-state index is 12.1. The molecule has 2 amide bonds. The number of nitrogens with zero attached hydrogens (tertiary/aromatic N) is 1. The van der Waals surface area contributed by atoms with Crippen molar-refractivity contribution in [2.24, 2.45) is 5.73 Å². The molecular formula is C12H21N5O2S. The number of anilines is 2. The smallest absolute Gasteiger partial charge is 0.266 e. The number of primary amides is 1. The highest BCUT2D eigenvalue weighted by Crippen LogP contribution is 2.27. The third-order valence-corrected chi connectivity index (χ3v) is 3.37. The van der Waals surface area contributed by atoms with E-state index in [1.165, 1.54) is 13.8 Å². The van der Waals surface area contributed by atoms with Gasteiger partial charge in [-0.2, -0.15) is 0 Å². The highest BCUT2D eigenvalue weighted by Gasteiger charge is 2.29. The van der Waals surface area contributed by atoms with Crippen LogP contribution in [0, 0.1) is 0 Å². The third kappa shape index (κ3) is 4.09. The minimum atomic E-state index is -1.15. The third-order valence-electron chi connectivity index (χ3n) is 2.38. The van der Waals surface area contributed by atoms with Gasteiger partial charge in [-0.3, -0.25) is 9.59 Å². The van der Waals surface area contributed by atoms with E-state index in [2.05, 4.69) is 15.6 Å². The zero-order chi connectivity index (χ0) is 15.7. The summed E-state index contributed by atoms with van der Waals surface area (Å²) in [7, 11) is 0. The number of hydrogen-bond donors (Lipinski definition) is 4. The van der Waals surface area contributed by atoms with Crippen LogP contribution in [0.15, 0.2) is 0 Å². The topological polar surface area (TPSA) is 123 Å². The average molecular weight is 299 g/mol. The van der Waals surface area contributed by atoms with Crippen LogP contribution in [0.25, 0.3) is 0 Å². The van der Waals surface area contributed by atoms with Crippen LogP contribution in [-0.4, -0.2) is 27.9 Å². The van der Waals surface area contributed by atoms with Crippen molar-refractivity contribution in [3.05, 3.63) is 4.88 Å². The molecule has 0 unspecified atom stereocenters. The van der Waals surface area contributed by atoms with Crippen molar-refractivity contribution in [3.8, 4) is 0 Å². The molecule has 1 heterocycles. The van der Waals surface area contributed by atoms with E-state index >= 15 is 0 Å². The number of nitrogen functional groups attached to an aromatic ring is 1. The molecule has 8 heteroatoms. The first-order chi connectivity index (χ1) is 8.92. The molecule has 20 heavy (non-hydrogen) atoms. The number of nitrogens with one attached hydrogen (secondary N) is 2. The van der Waals surface area contributed by atoms with Crippen LogP contribution in [0.5, 0.6) is 0 Å². The Bertz CT molecular complexity index is 530. The van der Waals surface area contributed by atoms with Crippen LogP contribution >= 0.6 is 11.3 Å². The molecule has 0 fully saturated rings. The number of rotatable bonds is 4. The lowest BCUT2D eigenvalue weighted by Crippen LogP contribution is -2.52. The largest absolute Gasteiger partial charge is 0.382 e. The fourth-order valence-corrected chi connectivity index (χ4v) is 2.26. The maximum atomic E-state index is 12.1. The van der Waals surface area contributed by atoms with Gasteiger partial charge in [0, 0.05) is 5.54 Å². The second-order valence-electron chi connectivity index (χ2n) is 6.05. The van der Waals surface area contributed by atoms with Crippen LogP contribution in [0.3, 0.4) is 0 Å². The highest BCUT2D eigenvalue weighted by molar-refractivity contribution is 7.18. The van der Waals surface area contributed by atoms with Crippen molar-refractivity contribution in [2.75, 3.05) is 11.1 Å². The first-order valence-electron chi connectivity index (χ1n) is 6.09. The van der Waals surface area contributed by atoms with Crippen molar-refractivity contribution >= 4 is 34.1 Å². The molecule has 1 aromatic heterocycles. The molecule has 112 valence electrons. The standard InChI is InChI=1S/C12H21N5O2S/c1-11(2,3)17-10-15-7(13)6(20-10)8(18)16-12(4,5)9(14)19/h13H2,1-5H3,(H2,14,19)(H,15,17)(H,16,18). The predicted molar refractivity (Wildman–Crippen MR) is 80.6 cm³/mol. The molecular weight excluding hydrogens is 278 g/mol. The summed E-state index contributed by atoms with van der Waals surface area (Å²) in [4.78, 5) is 27.7. The monoisotopic (exact) mass is 299 g/mol. The van der Waals surface area contributed by atoms with Crippen molar-refractivity contribution in [2.45, 2.75) is 45.7 Å². The lowest BCUT2D eigenvalue weighted by Gasteiger charge is -2.21. The average Bonchev–Trinajstić information content (AvgIpc) is 2.55. The Morgan fingerprint density at radius 2 is 1.75 bits per heavy atom. The Morgan fingerprint density at radius 3 is 2.20 bits per heavy atom. The Morgan fingerprint density at radius 1 is 1.20 bits per heavy atom. The first-order valence-corrected chi connectivity index (χ1v) is 6.91. The second-order valence-corrected chi connectivity index (χ2v) is 7.05. The number of hydrogen-bond acceptors (Lipinski definition) is 6. The molecule has 0 bridgehead atoms. The Kier molecular flexibility index (Phi) is 4.28. The van der Waals surface area contributed by atoms with Crippen LogP contribution < -0.4 is 22.1 Å². The van der Waals surface area contributed by atoms with Gasteiger partial charge >= 0.3 is 0 Å². The summed E-state index contributed by atoms with van der Waals surface area (Å²) < 4.78 is 0. The van der Waals surface area contributed by atoms with Gasteiger partial charge in [0.15, 0.2) is 5.13 Å². The summed E-state index contributed by atoms with van der Waals surface area (Å²) in [5, 5.41) is 6.23. The number of nitrogens with two attached hydrogens (primary N) is 2. The van der Waals surface area contributed by atoms with Gasteiger partial charge in [0.05, 0.1) is 0 Å². The highest BCUT2D eigenvalue weighted by atomic mass is 32.1. The maximum Gasteiger partial charge on any atom is 0.266 e. The number of carbonyl (C=O) groups excluding carboxylic acids is 2. The summed E-state index contributed by atoms with van der Waals surface area (Å²) in [5.74, 6) is -0.966. The van der Waals surface area contributed by atoms with Crippen molar-refractivity contribution < 1.29 is 9.59 Å². The summed E-state index contributed by atoms with van der Waals surface area (Å²) in [6, 6.07) is 0. The normalized spacial score (nSPS) is 12.1. The zero-order valence-corrected chi connectivity index (χ0v) is 13.1. The summed E-state index contributed by atoms with van der Waals surface area (Å²) in [5.41, 5.74) is 9.61. The van der Waals surface area contributed by atoms with Crippen LogP contribution in [0.1, 0.15) is 44.3 Å². The fraction of sp³-hybridized carbons (Fsp3) is 0.583. The van der Waals surface area contributed by atoms with Gasteiger partial charge in [-0.25, -0.2) is 4.98 Å². The van der Waals surface area contributed by atoms with Gasteiger partial charge in [0.1, 0.15) is 16.2 Å². The minimum absolute atomic E-state index is 0.125. The number of aromatic nitrogens is 1. The minimum Gasteiger partial charge on any atom is -0.382 e. The van der Waals surface area contributed by atoms with E-state index in [-0.39, 0.29) is 16.2 Å². The van der Waals surface area contributed by atoms with E-state index < -0.39 is 17.4 Å². The molecule has 7 nitrogen and oxygen atoms in total. The molecule has 0 aromatic carbocycles. The van der Waals surface area contributed by atoms with E-state index in [0.717, 1.165) is 11.3 Å². The van der Waals surface area contributed by atoms with Gasteiger partial charge in [-0.15, -0.1) is 0 Å². The van der Waals surface area contributed by atoms with Crippen LogP contribution in [-0.2, 0) is 4.79 Å². The van der Waals surface area contributed by atoms with E-state index in [4.69, 9.17) is 11.5 Å². The first kappa shape index (κ1) is 16.2. The van der Waals surface area contributed by atoms with Gasteiger partial charge in [-0.1, -0.05) is 11.3 Å². The van der Waals surface area contributed by atoms with Crippen LogP contribution in [0.2, 0.25) is 0 Å². The molecule has 0 saturated carbocycles. The Labute approximate surface area is 122 Å². The van der Waals surface area contributed by atoms with Crippen molar-refractivity contribution in [1.82, 2.24) is 10.3 Å². The molecule has 0 radical (unpaired) electrons. The van der Waals surface area contributed by atoms with E-state index in [0.29, 0.717) is 5.13 Å². The fourth-order valence-electron chi connectivity index (χ4n) is 1.27. The van der Waals surface area contributed by atoms with Gasteiger partial charge < -0.3 is 22.1 Å². The van der Waals surface area contributed by atoms with Gasteiger partial charge in [-0.05, 0) is 34.6 Å². The van der Waals surface area contributed by atoms with E-state index in [1.54, 1.807) is 0 Å². The lowest BCUT2D eigenvalue weighted by molar-refractivity contribution is -0.122. The Hall–Kier alpha value is -1.83. The summed E-state index contributed by atoms with van der Waals surface area (Å²) in [6.07, 6.45) is 0. The Balaban J connectivity index is 2.92. The summed E-state index contributed by atoms with van der Waals surface area (Å²) in [6.45, 7) is 8.97. The molecule has 0 aliphatic rings. The SMILES string of the molecule is CC(C)(C)Nc1nc(N)c(C(=O)NC(C)(C)C(N)=O)s1. The lowest BCUT2D eigenvalue weighted by atomic mass is 10.1. The van der Waals surface area contributed by atoms with Crippen molar-refractivity contribution in [1.29, 1.82) is 0 Å². The quantitative estimate of drug-likeness (QED) is 0.658. The molecule has 0 aliphatic carbocycles. The van der Waals surface area contributed by atoms with Gasteiger partial charge in [0.25, 0.3) is 5.91 Å². The van der Waals surface area contributed by atoms with Crippen molar-refractivity contribution in [3.63, 3.8) is 0 Å². The van der Waals surface area contributed by atoms with E-state index in [1.807, 2.05) is 20.8 Å². The molecule has 0 atom stereocenters. The molecule has 0 saturated heterocycles. The molecule has 0 spiro atoms. The molecule has 1 rings (SSSR count). The zero-order valence-electron chi connectivity index (χ0n) is 12.3. The molecule has 6 N–H and O–H groups in total. The van der Waals surface area contributed by atoms with E-state index in [9.17, 15) is 9.59 Å². The van der Waals surface area contributed by atoms with Gasteiger partial charge in [0.2, 0.25) is 5.91 Å². The second kappa shape index (κ2) is 5.28. The summed E-state index contributed by atoms with van der Waals surface area (Å²) >= 11 is 1.14. The van der Waals surface area contributed by atoms with Crippen LogP contribution in [0.4, 0.5) is 10.9 Å².